The summed E-state index contributed by atoms with van der Waals surface area (Å²) in [6.07, 6.45) is 2.82. The average molecular weight is 471 g/mol. The van der Waals surface area contributed by atoms with Crippen molar-refractivity contribution in [3.8, 4) is 6.19 Å². The molecule has 4 rings (SSSR count). The number of nitriles is 1. The summed E-state index contributed by atoms with van der Waals surface area (Å²) in [6, 6.07) is 5.59. The number of hydrogen-bond donors (Lipinski definition) is 0. The van der Waals surface area contributed by atoms with E-state index in [0.717, 1.165) is 41.1 Å². The number of aliphatic imine (C=N–C) groups is 1. The molecule has 0 bridgehead atoms. The Kier molecular flexibility index (Phi) is 6.22. The number of fused-ring (bicyclic) bond motifs is 1. The number of rotatable bonds is 4. The second-order valence-corrected chi connectivity index (χ2v) is 8.95. The molecule has 3 aromatic heterocycles. The van der Waals surface area contributed by atoms with Gasteiger partial charge < -0.3 is 9.80 Å². The highest BCUT2D eigenvalue weighted by molar-refractivity contribution is 6.33. The van der Waals surface area contributed by atoms with Gasteiger partial charge in [-0.05, 0) is 43.0 Å². The fourth-order valence-electron chi connectivity index (χ4n) is 4.23. The van der Waals surface area contributed by atoms with Crippen LogP contribution in [0.2, 0.25) is 10.3 Å². The van der Waals surface area contributed by atoms with E-state index in [1.54, 1.807) is 12.1 Å². The molecule has 1 aliphatic rings. The van der Waals surface area contributed by atoms with Crippen molar-refractivity contribution in [2.45, 2.75) is 39.7 Å². The Morgan fingerprint density at radius 3 is 2.53 bits per heavy atom. The van der Waals surface area contributed by atoms with Crippen LogP contribution in [-0.2, 0) is 13.6 Å². The molecule has 0 spiro atoms. The maximum absolute atomic E-state index is 9.39. The molecule has 0 amide bonds. The predicted octanol–water partition coefficient (Wildman–Crippen LogP) is 4.65. The molecule has 0 aliphatic carbocycles. The Bertz CT molecular complexity index is 1220. The van der Waals surface area contributed by atoms with E-state index in [2.05, 4.69) is 39.9 Å². The van der Waals surface area contributed by atoms with Crippen molar-refractivity contribution in [3.05, 3.63) is 45.5 Å². The van der Waals surface area contributed by atoms with Crippen LogP contribution in [0.3, 0.4) is 0 Å². The Morgan fingerprint density at radius 2 is 1.88 bits per heavy atom. The van der Waals surface area contributed by atoms with Crippen molar-refractivity contribution in [2.24, 2.45) is 12.0 Å². The highest BCUT2D eigenvalue weighted by Crippen LogP contribution is 2.30. The molecule has 0 aromatic carbocycles. The predicted molar refractivity (Wildman–Crippen MR) is 127 cm³/mol. The van der Waals surface area contributed by atoms with E-state index in [9.17, 15) is 5.26 Å². The van der Waals surface area contributed by atoms with Gasteiger partial charge in [-0.15, -0.1) is 4.99 Å². The number of guanidine groups is 1. The van der Waals surface area contributed by atoms with Gasteiger partial charge in [-0.2, -0.15) is 10.4 Å². The van der Waals surface area contributed by atoms with Crippen molar-refractivity contribution < 1.29 is 0 Å². The van der Waals surface area contributed by atoms with Crippen molar-refractivity contribution in [1.82, 2.24) is 24.6 Å². The molecular weight excluding hydrogens is 447 g/mol. The van der Waals surface area contributed by atoms with Crippen LogP contribution in [0.15, 0.2) is 23.2 Å². The highest BCUT2D eigenvalue weighted by atomic mass is 35.5. The zero-order chi connectivity index (χ0) is 23.0. The van der Waals surface area contributed by atoms with Crippen LogP contribution in [0.25, 0.3) is 11.0 Å². The number of anilines is 1. The molecule has 0 saturated carbocycles. The Balaban J connectivity index is 1.73. The standard InChI is InChI=1S/C22H24Cl2N8/c1-13(2)17-8-15(27-21-20(17)14(3)29-30(21)4)11-31-6-5-7-32(22(31)26-12-25)16-9-18(23)28-19(24)10-16/h8-10,13H,5-7,11H2,1-4H3. The minimum atomic E-state index is 0.293. The summed E-state index contributed by atoms with van der Waals surface area (Å²) >= 11 is 12.2. The smallest absolute Gasteiger partial charge is 0.217 e. The van der Waals surface area contributed by atoms with E-state index in [1.165, 1.54) is 5.56 Å². The lowest BCUT2D eigenvalue weighted by Gasteiger charge is -2.38. The van der Waals surface area contributed by atoms with E-state index < -0.39 is 0 Å². The first-order valence-electron chi connectivity index (χ1n) is 10.4. The summed E-state index contributed by atoms with van der Waals surface area (Å²) in [5.74, 6) is 0.875. The maximum Gasteiger partial charge on any atom is 0.217 e. The van der Waals surface area contributed by atoms with Gasteiger partial charge in [0.15, 0.2) is 5.65 Å². The quantitative estimate of drug-likeness (QED) is 0.407. The molecule has 8 nitrogen and oxygen atoms in total. The van der Waals surface area contributed by atoms with Crippen molar-refractivity contribution in [3.63, 3.8) is 0 Å². The van der Waals surface area contributed by atoms with Crippen LogP contribution < -0.4 is 4.90 Å². The number of aryl methyl sites for hydroxylation is 2. The summed E-state index contributed by atoms with van der Waals surface area (Å²) in [4.78, 5) is 17.1. The third-order valence-corrected chi connectivity index (χ3v) is 5.96. The van der Waals surface area contributed by atoms with Gasteiger partial charge in [0.25, 0.3) is 0 Å². The second kappa shape index (κ2) is 8.93. The topological polar surface area (TPSA) is 86.2 Å². The number of hydrogen-bond acceptors (Lipinski definition) is 5. The molecule has 166 valence electrons. The summed E-state index contributed by atoms with van der Waals surface area (Å²) in [5, 5.41) is 15.7. The Morgan fingerprint density at radius 1 is 1.16 bits per heavy atom. The first-order valence-corrected chi connectivity index (χ1v) is 11.2. The summed E-state index contributed by atoms with van der Waals surface area (Å²) < 4.78 is 1.83. The molecule has 0 radical (unpaired) electrons. The van der Waals surface area contributed by atoms with E-state index >= 15 is 0 Å². The van der Waals surface area contributed by atoms with Crippen LogP contribution in [0, 0.1) is 18.4 Å². The molecule has 1 fully saturated rings. The van der Waals surface area contributed by atoms with Crippen molar-refractivity contribution >= 4 is 45.9 Å². The lowest BCUT2D eigenvalue weighted by Crippen LogP contribution is -2.50. The average Bonchev–Trinajstić information content (AvgIpc) is 3.01. The first kappa shape index (κ1) is 22.3. The van der Waals surface area contributed by atoms with E-state index in [-0.39, 0.29) is 0 Å². The van der Waals surface area contributed by atoms with Crippen molar-refractivity contribution in [1.29, 1.82) is 5.26 Å². The van der Waals surface area contributed by atoms with Crippen LogP contribution >= 0.6 is 23.2 Å². The zero-order valence-electron chi connectivity index (χ0n) is 18.5. The SMILES string of the molecule is Cc1nn(C)c2nc(CN3CCCN(c4cc(Cl)nc(Cl)c4)C3=NC#N)cc(C(C)C)c12. The van der Waals surface area contributed by atoms with E-state index in [4.69, 9.17) is 28.2 Å². The molecule has 10 heteroatoms. The fraction of sp³-hybridized carbons (Fsp3) is 0.409. The van der Waals surface area contributed by atoms with Gasteiger partial charge in [0.05, 0.1) is 17.9 Å². The van der Waals surface area contributed by atoms with Gasteiger partial charge in [0, 0.05) is 31.2 Å². The number of nitrogens with zero attached hydrogens (tertiary/aromatic N) is 8. The molecule has 1 saturated heterocycles. The fourth-order valence-corrected chi connectivity index (χ4v) is 4.68. The van der Waals surface area contributed by atoms with Crippen LogP contribution in [0.4, 0.5) is 5.69 Å². The van der Waals surface area contributed by atoms with Gasteiger partial charge in [-0.3, -0.25) is 4.68 Å². The largest absolute Gasteiger partial charge is 0.336 e. The molecule has 3 aromatic rings. The molecule has 0 unspecified atom stereocenters. The highest BCUT2D eigenvalue weighted by Gasteiger charge is 2.27. The molecule has 0 atom stereocenters. The summed E-state index contributed by atoms with van der Waals surface area (Å²) in [5.41, 5.74) is 4.72. The van der Waals surface area contributed by atoms with Crippen LogP contribution in [0.5, 0.6) is 0 Å². The molecule has 32 heavy (non-hydrogen) atoms. The van der Waals surface area contributed by atoms with Gasteiger partial charge in [-0.25, -0.2) is 9.97 Å². The molecule has 4 heterocycles. The monoisotopic (exact) mass is 470 g/mol. The number of halogens is 2. The third-order valence-electron chi connectivity index (χ3n) is 5.57. The summed E-state index contributed by atoms with van der Waals surface area (Å²) in [7, 11) is 1.92. The Hall–Kier alpha value is -2.89. The van der Waals surface area contributed by atoms with Gasteiger partial charge in [0.2, 0.25) is 12.2 Å². The molecule has 0 N–H and O–H groups in total. The molecule has 1 aliphatic heterocycles. The van der Waals surface area contributed by atoms with Gasteiger partial charge in [0.1, 0.15) is 10.3 Å². The minimum Gasteiger partial charge on any atom is -0.336 e. The van der Waals surface area contributed by atoms with Gasteiger partial charge in [-0.1, -0.05) is 37.0 Å². The lowest BCUT2D eigenvalue weighted by atomic mass is 9.98. The normalized spacial score (nSPS) is 15.8. The molecular formula is C22H24Cl2N8. The maximum atomic E-state index is 9.39. The van der Waals surface area contributed by atoms with E-state index in [0.29, 0.717) is 35.3 Å². The summed E-state index contributed by atoms with van der Waals surface area (Å²) in [6.45, 7) is 8.33. The van der Waals surface area contributed by atoms with Crippen LogP contribution in [0.1, 0.15) is 43.1 Å². The van der Waals surface area contributed by atoms with Gasteiger partial charge >= 0.3 is 0 Å². The number of pyridine rings is 2. The second-order valence-electron chi connectivity index (χ2n) is 8.17. The first-order chi connectivity index (χ1) is 15.3. The lowest BCUT2D eigenvalue weighted by molar-refractivity contribution is 0.371. The third kappa shape index (κ3) is 4.23. The van der Waals surface area contributed by atoms with Crippen LogP contribution in [-0.4, -0.2) is 43.7 Å². The van der Waals surface area contributed by atoms with Crippen molar-refractivity contribution in [2.75, 3.05) is 18.0 Å². The number of aromatic nitrogens is 4. The minimum absolute atomic E-state index is 0.293. The van der Waals surface area contributed by atoms with E-state index in [1.807, 2.05) is 29.7 Å². The zero-order valence-corrected chi connectivity index (χ0v) is 20.0. The Labute approximate surface area is 197 Å².